The van der Waals surface area contributed by atoms with Crippen LogP contribution < -0.4 is 10.1 Å². The molecule has 1 amide bonds. The maximum Gasteiger partial charge on any atom is 0.217 e. The molecule has 0 saturated heterocycles. The first-order chi connectivity index (χ1) is 12.8. The fraction of sp³-hybridized carbons (Fsp3) is 0.625. The van der Waals surface area contributed by atoms with Crippen LogP contribution in [0.1, 0.15) is 89.3 Å². The summed E-state index contributed by atoms with van der Waals surface area (Å²) in [6.07, 6.45) is 9.50. The number of fused-ring (bicyclic) bond motifs is 3. The number of carbonyl (C=O) groups is 1. The third kappa shape index (κ3) is 4.39. The number of hydrogen-bond donors (Lipinski definition) is 1. The second-order valence-corrected chi connectivity index (χ2v) is 8.92. The van der Waals surface area contributed by atoms with Gasteiger partial charge < -0.3 is 10.1 Å². The van der Waals surface area contributed by atoms with Crippen LogP contribution in [0.2, 0.25) is 0 Å². The lowest BCUT2D eigenvalue weighted by Gasteiger charge is -2.47. The average molecular weight is 370 g/mol. The molecule has 148 valence electrons. The highest BCUT2D eigenvalue weighted by Crippen LogP contribution is 2.51. The van der Waals surface area contributed by atoms with Gasteiger partial charge in [0, 0.05) is 30.9 Å². The van der Waals surface area contributed by atoms with Gasteiger partial charge in [0.2, 0.25) is 5.91 Å². The summed E-state index contributed by atoms with van der Waals surface area (Å²) in [6, 6.07) is 4.57. The predicted molar refractivity (Wildman–Crippen MR) is 111 cm³/mol. The molecule has 0 fully saturated rings. The van der Waals surface area contributed by atoms with Crippen molar-refractivity contribution in [3.05, 3.63) is 40.5 Å². The number of unbranched alkanes of at least 4 members (excludes halogenated alkanes) is 2. The molecule has 3 heteroatoms. The molecule has 3 rings (SSSR count). The zero-order chi connectivity index (χ0) is 19.6. The molecule has 0 radical (unpaired) electrons. The highest BCUT2D eigenvalue weighted by molar-refractivity contribution is 5.73. The predicted octanol–water partition coefficient (Wildman–Crippen LogP) is 5.67. The van der Waals surface area contributed by atoms with Crippen LogP contribution >= 0.6 is 0 Å². The Labute approximate surface area is 164 Å². The van der Waals surface area contributed by atoms with Crippen LogP contribution in [0.25, 0.3) is 0 Å². The third-order valence-electron chi connectivity index (χ3n) is 6.23. The van der Waals surface area contributed by atoms with E-state index in [1.54, 1.807) is 6.92 Å². The highest BCUT2D eigenvalue weighted by atomic mass is 16.5. The topological polar surface area (TPSA) is 38.3 Å². The summed E-state index contributed by atoms with van der Waals surface area (Å²) < 4.78 is 6.58. The van der Waals surface area contributed by atoms with E-state index in [4.69, 9.17) is 4.74 Å². The van der Waals surface area contributed by atoms with Gasteiger partial charge in [0.25, 0.3) is 0 Å². The number of benzene rings is 1. The Hall–Kier alpha value is -1.77. The van der Waals surface area contributed by atoms with Crippen molar-refractivity contribution >= 4 is 5.91 Å². The molecule has 0 aromatic heterocycles. The fourth-order valence-corrected chi connectivity index (χ4v) is 4.79. The summed E-state index contributed by atoms with van der Waals surface area (Å²) in [5.74, 6) is 1.91. The largest absolute Gasteiger partial charge is 0.487 e. The highest BCUT2D eigenvalue weighted by Gasteiger charge is 2.44. The Morgan fingerprint density at radius 1 is 1.30 bits per heavy atom. The van der Waals surface area contributed by atoms with Crippen molar-refractivity contribution in [2.45, 2.75) is 91.2 Å². The van der Waals surface area contributed by atoms with Gasteiger partial charge in [-0.25, -0.2) is 0 Å². The molecule has 0 spiro atoms. The summed E-state index contributed by atoms with van der Waals surface area (Å²) in [6.45, 7) is 11.1. The summed E-state index contributed by atoms with van der Waals surface area (Å²) >= 11 is 0. The fourth-order valence-electron chi connectivity index (χ4n) is 4.79. The smallest absolute Gasteiger partial charge is 0.217 e. The van der Waals surface area contributed by atoms with Crippen LogP contribution in [-0.2, 0) is 17.8 Å². The minimum absolute atomic E-state index is 0.0177. The van der Waals surface area contributed by atoms with Gasteiger partial charge in [-0.05, 0) is 63.6 Å². The summed E-state index contributed by atoms with van der Waals surface area (Å²) in [5, 5.41) is 3.02. The lowest BCUT2D eigenvalue weighted by Crippen LogP contribution is -2.45. The van der Waals surface area contributed by atoms with Crippen LogP contribution in [0.15, 0.2) is 23.8 Å². The molecule has 1 aliphatic heterocycles. The summed E-state index contributed by atoms with van der Waals surface area (Å²) in [7, 11) is 0. The number of aryl methyl sites for hydroxylation is 1. The minimum Gasteiger partial charge on any atom is -0.487 e. The first-order valence-corrected chi connectivity index (χ1v) is 10.6. The van der Waals surface area contributed by atoms with E-state index in [0.717, 1.165) is 25.0 Å². The van der Waals surface area contributed by atoms with E-state index >= 15 is 0 Å². The van der Waals surface area contributed by atoms with E-state index in [-0.39, 0.29) is 11.5 Å². The Kier molecular flexibility index (Phi) is 5.98. The Morgan fingerprint density at radius 2 is 2.07 bits per heavy atom. The van der Waals surface area contributed by atoms with Crippen molar-refractivity contribution in [1.82, 2.24) is 5.32 Å². The summed E-state index contributed by atoms with van der Waals surface area (Å²) in [5.41, 5.74) is 5.16. The van der Waals surface area contributed by atoms with Crippen molar-refractivity contribution in [1.29, 1.82) is 0 Å². The maximum absolute atomic E-state index is 11.6. The first-order valence-electron chi connectivity index (χ1n) is 10.6. The van der Waals surface area contributed by atoms with Crippen LogP contribution in [0.5, 0.6) is 5.75 Å². The van der Waals surface area contributed by atoms with E-state index < -0.39 is 0 Å². The number of carbonyl (C=O) groups excluding carboxylic acids is 1. The molecule has 1 aliphatic carbocycles. The zero-order valence-electron chi connectivity index (χ0n) is 17.7. The third-order valence-corrected chi connectivity index (χ3v) is 6.23. The Bertz CT molecular complexity index is 732. The van der Waals surface area contributed by atoms with Crippen LogP contribution in [-0.4, -0.2) is 11.5 Å². The Morgan fingerprint density at radius 3 is 2.78 bits per heavy atom. The lowest BCUT2D eigenvalue weighted by atomic mass is 9.67. The van der Waals surface area contributed by atoms with E-state index in [2.05, 4.69) is 51.2 Å². The van der Waals surface area contributed by atoms with E-state index in [1.807, 2.05) is 0 Å². The molecular formula is C24H35NO2. The number of nitrogens with one attached hydrogen (secondary N) is 1. The molecule has 1 aromatic rings. The van der Waals surface area contributed by atoms with E-state index in [1.165, 1.54) is 41.5 Å². The second kappa shape index (κ2) is 8.08. The lowest BCUT2D eigenvalue weighted by molar-refractivity contribution is -0.119. The van der Waals surface area contributed by atoms with Crippen molar-refractivity contribution in [3.63, 3.8) is 0 Å². The molecular weight excluding hydrogens is 334 g/mol. The molecule has 2 atom stereocenters. The van der Waals surface area contributed by atoms with Crippen LogP contribution in [0, 0.1) is 5.92 Å². The molecule has 0 bridgehead atoms. The molecule has 0 saturated carbocycles. The SMILES string of the molecule is CCCCCc1cc(CNC(C)=O)c2c(c1)OC(C)(C)[C@@H]1CCC(C)=C[C@@H]21. The normalized spacial score (nSPS) is 22.9. The van der Waals surface area contributed by atoms with Crippen LogP contribution in [0.4, 0.5) is 0 Å². The molecule has 1 aromatic carbocycles. The van der Waals surface area contributed by atoms with Gasteiger partial charge in [-0.2, -0.15) is 0 Å². The number of hydrogen-bond acceptors (Lipinski definition) is 2. The van der Waals surface area contributed by atoms with Gasteiger partial charge in [0.1, 0.15) is 11.4 Å². The second-order valence-electron chi connectivity index (χ2n) is 8.92. The van der Waals surface area contributed by atoms with E-state index in [0.29, 0.717) is 18.4 Å². The summed E-state index contributed by atoms with van der Waals surface area (Å²) in [4.78, 5) is 11.6. The van der Waals surface area contributed by atoms with E-state index in [9.17, 15) is 4.79 Å². The van der Waals surface area contributed by atoms with Gasteiger partial charge in [-0.15, -0.1) is 0 Å². The van der Waals surface area contributed by atoms with Gasteiger partial charge in [0.05, 0.1) is 0 Å². The number of amides is 1. The standard InChI is InChI=1S/C24H35NO2/c1-6-7-8-9-18-13-19(15-25-17(3)26)23-20-12-16(2)10-11-21(20)24(4,5)27-22(23)14-18/h12-14,20-21H,6-11,15H2,1-5H3,(H,25,26)/t20-,21-/m1/s1. The molecule has 0 unspecified atom stereocenters. The molecule has 1 N–H and O–H groups in total. The molecule has 2 aliphatic rings. The minimum atomic E-state index is -0.165. The van der Waals surface area contributed by atoms with Gasteiger partial charge >= 0.3 is 0 Å². The van der Waals surface area contributed by atoms with Crippen molar-refractivity contribution in [2.75, 3.05) is 0 Å². The van der Waals surface area contributed by atoms with Crippen molar-refractivity contribution < 1.29 is 9.53 Å². The molecule has 27 heavy (non-hydrogen) atoms. The van der Waals surface area contributed by atoms with Crippen molar-refractivity contribution in [2.24, 2.45) is 5.92 Å². The quantitative estimate of drug-likeness (QED) is 0.518. The molecule has 1 heterocycles. The number of ether oxygens (including phenoxy) is 1. The number of rotatable bonds is 6. The van der Waals surface area contributed by atoms with Crippen molar-refractivity contribution in [3.8, 4) is 5.75 Å². The molecule has 3 nitrogen and oxygen atoms in total. The first kappa shape index (κ1) is 20.0. The monoisotopic (exact) mass is 369 g/mol. The Balaban J connectivity index is 2.04. The zero-order valence-corrected chi connectivity index (χ0v) is 17.7. The number of allylic oxidation sites excluding steroid dienone is 2. The van der Waals surface area contributed by atoms with Gasteiger partial charge in [-0.3, -0.25) is 4.79 Å². The maximum atomic E-state index is 11.6. The van der Waals surface area contributed by atoms with Gasteiger partial charge in [-0.1, -0.05) is 37.5 Å². The average Bonchev–Trinajstić information content (AvgIpc) is 2.58. The van der Waals surface area contributed by atoms with Gasteiger partial charge in [0.15, 0.2) is 0 Å². The van der Waals surface area contributed by atoms with Crippen LogP contribution in [0.3, 0.4) is 0 Å².